The van der Waals surface area contributed by atoms with Gasteiger partial charge in [-0.3, -0.25) is 0 Å². The van der Waals surface area contributed by atoms with E-state index in [1.54, 1.807) is 0 Å². The minimum Gasteiger partial charge on any atom is -0.444 e. The topological polar surface area (TPSA) is 50.4 Å². The molecule has 26 heavy (non-hydrogen) atoms. The molecule has 0 heterocycles. The first kappa shape index (κ1) is 17.8. The Labute approximate surface area is 157 Å². The van der Waals surface area contributed by atoms with Crippen molar-refractivity contribution in [2.75, 3.05) is 0 Å². The molecule has 4 aliphatic rings. The summed E-state index contributed by atoms with van der Waals surface area (Å²) in [6, 6.07) is 11.2. The van der Waals surface area contributed by atoms with Gasteiger partial charge in [-0.05, 0) is 76.2 Å². The zero-order valence-electron chi connectivity index (χ0n) is 16.3. The van der Waals surface area contributed by atoms with Crippen LogP contribution in [0.3, 0.4) is 0 Å². The maximum absolute atomic E-state index is 12.4. The monoisotopic (exact) mass is 356 g/mol. The molecule has 0 saturated heterocycles. The number of hydrogen-bond acceptors (Lipinski definition) is 3. The number of ether oxygens (including phenoxy) is 1. The van der Waals surface area contributed by atoms with Crippen molar-refractivity contribution in [2.45, 2.75) is 76.6 Å². The summed E-state index contributed by atoms with van der Waals surface area (Å²) >= 11 is 0. The number of carbonyl (C=O) groups is 1. The van der Waals surface area contributed by atoms with Crippen molar-refractivity contribution in [1.82, 2.24) is 10.6 Å². The highest BCUT2D eigenvalue weighted by molar-refractivity contribution is 5.69. The van der Waals surface area contributed by atoms with Gasteiger partial charge in [-0.2, -0.15) is 0 Å². The maximum atomic E-state index is 12.4. The Balaban J connectivity index is 1.40. The Morgan fingerprint density at radius 2 is 1.77 bits per heavy atom. The van der Waals surface area contributed by atoms with E-state index in [1.807, 2.05) is 20.8 Å². The first-order chi connectivity index (χ1) is 12.3. The van der Waals surface area contributed by atoms with Gasteiger partial charge in [-0.25, -0.2) is 4.79 Å². The molecule has 0 aliphatic heterocycles. The lowest BCUT2D eigenvalue weighted by Crippen LogP contribution is -2.66. The molecule has 0 aromatic heterocycles. The van der Waals surface area contributed by atoms with E-state index in [0.29, 0.717) is 17.9 Å². The van der Waals surface area contributed by atoms with Crippen molar-refractivity contribution in [1.29, 1.82) is 0 Å². The van der Waals surface area contributed by atoms with E-state index in [2.05, 4.69) is 41.0 Å². The second-order valence-corrected chi connectivity index (χ2v) is 9.77. The lowest BCUT2D eigenvalue weighted by atomic mass is 9.51. The third-order valence-electron chi connectivity index (χ3n) is 6.42. The molecule has 5 atom stereocenters. The molecule has 1 aromatic rings. The van der Waals surface area contributed by atoms with Gasteiger partial charge in [0.15, 0.2) is 0 Å². The largest absolute Gasteiger partial charge is 0.444 e. The van der Waals surface area contributed by atoms with Crippen molar-refractivity contribution in [2.24, 2.45) is 17.8 Å². The van der Waals surface area contributed by atoms with E-state index < -0.39 is 5.60 Å². The molecule has 4 aliphatic carbocycles. The fourth-order valence-electron chi connectivity index (χ4n) is 5.86. The van der Waals surface area contributed by atoms with Gasteiger partial charge in [0.2, 0.25) is 0 Å². The summed E-state index contributed by atoms with van der Waals surface area (Å²) < 4.78 is 5.54. The molecule has 1 unspecified atom stereocenters. The van der Waals surface area contributed by atoms with Gasteiger partial charge < -0.3 is 15.4 Å². The Hall–Kier alpha value is -1.55. The van der Waals surface area contributed by atoms with Crippen LogP contribution < -0.4 is 10.6 Å². The highest BCUT2D eigenvalue weighted by Crippen LogP contribution is 2.55. The number of hydrogen-bond donors (Lipinski definition) is 2. The molecule has 4 heteroatoms. The van der Waals surface area contributed by atoms with Gasteiger partial charge in [-0.1, -0.05) is 30.3 Å². The van der Waals surface area contributed by atoms with E-state index >= 15 is 0 Å². The molecule has 4 fully saturated rings. The lowest BCUT2D eigenvalue weighted by molar-refractivity contribution is -0.0500. The summed E-state index contributed by atoms with van der Waals surface area (Å²) in [5.41, 5.74) is 0.874. The number of nitrogens with one attached hydrogen (secondary N) is 2. The highest BCUT2D eigenvalue weighted by atomic mass is 16.6. The Morgan fingerprint density at radius 1 is 1.12 bits per heavy atom. The second kappa shape index (κ2) is 6.56. The quantitative estimate of drug-likeness (QED) is 0.848. The molecule has 4 nitrogen and oxygen atoms in total. The van der Waals surface area contributed by atoms with Gasteiger partial charge >= 0.3 is 6.09 Å². The zero-order chi connectivity index (χ0) is 18.4. The average molecular weight is 357 g/mol. The summed E-state index contributed by atoms with van der Waals surface area (Å²) in [7, 11) is 0. The van der Waals surface area contributed by atoms with Gasteiger partial charge in [0.05, 0.1) is 0 Å². The first-order valence-corrected chi connectivity index (χ1v) is 10.1. The number of benzene rings is 1. The molecule has 4 saturated carbocycles. The fourth-order valence-corrected chi connectivity index (χ4v) is 5.86. The average Bonchev–Trinajstić information content (AvgIpc) is 2.52. The first-order valence-electron chi connectivity index (χ1n) is 10.1. The fraction of sp³-hybridized carbons (Fsp3) is 0.682. The van der Waals surface area contributed by atoms with Crippen LogP contribution in [0.2, 0.25) is 0 Å². The minimum absolute atomic E-state index is 0.0379. The van der Waals surface area contributed by atoms with Crippen molar-refractivity contribution in [3.8, 4) is 0 Å². The molecular weight excluding hydrogens is 324 g/mol. The van der Waals surface area contributed by atoms with Crippen LogP contribution in [-0.4, -0.2) is 23.3 Å². The van der Waals surface area contributed by atoms with Crippen molar-refractivity contribution in [3.63, 3.8) is 0 Å². The molecule has 142 valence electrons. The Kier molecular flexibility index (Phi) is 4.50. The molecule has 4 bridgehead atoms. The number of alkyl carbamates (subject to hydrolysis) is 1. The predicted octanol–water partition coefficient (Wildman–Crippen LogP) is 4.25. The molecule has 0 radical (unpaired) electrons. The maximum Gasteiger partial charge on any atom is 0.408 e. The van der Waals surface area contributed by atoms with Crippen molar-refractivity contribution >= 4 is 6.09 Å². The SMILES string of the molecule is CC(C)(C)OC(=O)N[C@]12C[C@@H]3C[C@H](C1)C(NCc1ccccc1)[C@@H](C3)C2. The normalized spacial score (nSPS) is 35.3. The molecule has 1 aromatic carbocycles. The van der Waals surface area contributed by atoms with Crippen LogP contribution in [0.4, 0.5) is 4.79 Å². The van der Waals surface area contributed by atoms with E-state index in [-0.39, 0.29) is 11.6 Å². The molecule has 1 amide bonds. The van der Waals surface area contributed by atoms with Gasteiger partial charge in [-0.15, -0.1) is 0 Å². The van der Waals surface area contributed by atoms with Gasteiger partial charge in [0.25, 0.3) is 0 Å². The Bertz CT molecular complexity index is 636. The van der Waals surface area contributed by atoms with Gasteiger partial charge in [0.1, 0.15) is 5.60 Å². The van der Waals surface area contributed by atoms with Crippen LogP contribution in [0.15, 0.2) is 30.3 Å². The van der Waals surface area contributed by atoms with Crippen LogP contribution in [-0.2, 0) is 11.3 Å². The number of carbonyl (C=O) groups excluding carboxylic acids is 1. The lowest BCUT2D eigenvalue weighted by Gasteiger charge is -2.60. The highest BCUT2D eigenvalue weighted by Gasteiger charge is 2.56. The summed E-state index contributed by atoms with van der Waals surface area (Å²) in [4.78, 5) is 12.4. The van der Waals surface area contributed by atoms with E-state index in [4.69, 9.17) is 4.74 Å². The van der Waals surface area contributed by atoms with Crippen molar-refractivity contribution < 1.29 is 9.53 Å². The third-order valence-corrected chi connectivity index (χ3v) is 6.42. The van der Waals surface area contributed by atoms with Crippen LogP contribution in [0.1, 0.15) is 58.4 Å². The predicted molar refractivity (Wildman–Crippen MR) is 103 cm³/mol. The zero-order valence-corrected chi connectivity index (χ0v) is 16.3. The summed E-state index contributed by atoms with van der Waals surface area (Å²) in [6.45, 7) is 6.72. The molecule has 2 N–H and O–H groups in total. The van der Waals surface area contributed by atoms with Crippen LogP contribution >= 0.6 is 0 Å². The van der Waals surface area contributed by atoms with Gasteiger partial charge in [0, 0.05) is 18.1 Å². The Morgan fingerprint density at radius 3 is 2.38 bits per heavy atom. The standard InChI is InChI=1S/C22H32N2O2/c1-21(2,3)26-20(25)24-22-11-16-9-17(12-22)19(18(10-16)13-22)23-14-15-7-5-4-6-8-15/h4-8,16-19,23H,9-14H2,1-3H3,(H,24,25)/t16-,17-,18+,19?,22-. The third kappa shape index (κ3) is 3.75. The van der Waals surface area contributed by atoms with E-state index in [9.17, 15) is 4.79 Å². The van der Waals surface area contributed by atoms with Crippen molar-refractivity contribution in [3.05, 3.63) is 35.9 Å². The minimum atomic E-state index is -0.438. The van der Waals surface area contributed by atoms with E-state index in [1.165, 1.54) is 18.4 Å². The summed E-state index contributed by atoms with van der Waals surface area (Å²) in [5, 5.41) is 7.13. The van der Waals surface area contributed by atoms with E-state index in [0.717, 1.165) is 31.7 Å². The van der Waals surface area contributed by atoms with Crippen LogP contribution in [0.5, 0.6) is 0 Å². The van der Waals surface area contributed by atoms with Crippen LogP contribution in [0, 0.1) is 17.8 Å². The van der Waals surface area contributed by atoms with Crippen LogP contribution in [0.25, 0.3) is 0 Å². The molecular formula is C22H32N2O2. The molecule has 0 spiro atoms. The summed E-state index contributed by atoms with van der Waals surface area (Å²) in [6.07, 6.45) is 5.68. The smallest absolute Gasteiger partial charge is 0.408 e. The number of rotatable bonds is 4. The molecule has 5 rings (SSSR count). The summed E-state index contributed by atoms with van der Waals surface area (Å²) in [5.74, 6) is 2.09. The number of amides is 1. The second-order valence-electron chi connectivity index (χ2n) is 9.77.